The fourth-order valence-corrected chi connectivity index (χ4v) is 2.68. The average molecular weight is 335 g/mol. The van der Waals surface area contributed by atoms with Gasteiger partial charge in [-0.2, -0.15) is 10.4 Å². The Morgan fingerprint density at radius 3 is 2.52 bits per heavy atom. The van der Waals surface area contributed by atoms with E-state index in [0.717, 1.165) is 17.0 Å². The Balaban J connectivity index is 2.09. The van der Waals surface area contributed by atoms with E-state index >= 15 is 0 Å². The second-order valence-corrected chi connectivity index (χ2v) is 7.35. The van der Waals surface area contributed by atoms with Gasteiger partial charge < -0.3 is 5.32 Å². The molecule has 2 heterocycles. The van der Waals surface area contributed by atoms with E-state index < -0.39 is 0 Å². The van der Waals surface area contributed by atoms with Gasteiger partial charge in [0.05, 0.1) is 29.6 Å². The number of nitrogens with one attached hydrogen (secondary N) is 2. The van der Waals surface area contributed by atoms with Gasteiger partial charge in [0.2, 0.25) is 0 Å². The maximum Gasteiger partial charge on any atom is 0.274 e. The Labute approximate surface area is 147 Å². The van der Waals surface area contributed by atoms with Gasteiger partial charge in [-0.3, -0.25) is 9.89 Å². The van der Waals surface area contributed by atoms with Crippen LogP contribution >= 0.6 is 0 Å². The SMILES string of the molecule is CC(c1[nH]nc2c1N=C(c1ccc(C#N)cc1)CNC2=O)C(C)(C)C. The van der Waals surface area contributed by atoms with Crippen molar-refractivity contribution in [2.75, 3.05) is 6.54 Å². The number of carbonyl (C=O) groups is 1. The van der Waals surface area contributed by atoms with Crippen LogP contribution in [0, 0.1) is 16.7 Å². The molecule has 3 rings (SSSR count). The van der Waals surface area contributed by atoms with E-state index in [1.165, 1.54) is 0 Å². The van der Waals surface area contributed by atoms with Crippen LogP contribution in [0.3, 0.4) is 0 Å². The number of aliphatic imine (C=N–C) groups is 1. The van der Waals surface area contributed by atoms with Crippen LogP contribution in [0.5, 0.6) is 0 Å². The fraction of sp³-hybridized carbons (Fsp3) is 0.368. The molecule has 6 heteroatoms. The molecule has 1 aromatic heterocycles. The maximum atomic E-state index is 12.4. The second kappa shape index (κ2) is 6.17. The lowest BCUT2D eigenvalue weighted by atomic mass is 9.79. The van der Waals surface area contributed by atoms with Crippen molar-refractivity contribution in [1.29, 1.82) is 5.26 Å². The van der Waals surface area contributed by atoms with Gasteiger partial charge in [-0.1, -0.05) is 39.8 Å². The molecule has 1 atom stereocenters. The smallest absolute Gasteiger partial charge is 0.274 e. The highest BCUT2D eigenvalue weighted by molar-refractivity contribution is 6.10. The molecule has 0 bridgehead atoms. The van der Waals surface area contributed by atoms with E-state index in [2.05, 4.69) is 49.3 Å². The molecule has 1 amide bonds. The van der Waals surface area contributed by atoms with E-state index in [9.17, 15) is 4.79 Å². The molecule has 2 N–H and O–H groups in total. The van der Waals surface area contributed by atoms with Crippen molar-refractivity contribution in [2.45, 2.75) is 33.6 Å². The number of amides is 1. The van der Waals surface area contributed by atoms with Crippen molar-refractivity contribution >= 4 is 17.3 Å². The number of aromatic nitrogens is 2. The third-order valence-corrected chi connectivity index (χ3v) is 4.73. The van der Waals surface area contributed by atoms with Gasteiger partial charge >= 0.3 is 0 Å². The highest BCUT2D eigenvalue weighted by Gasteiger charge is 2.30. The van der Waals surface area contributed by atoms with E-state index in [0.29, 0.717) is 23.5 Å². The predicted molar refractivity (Wildman–Crippen MR) is 96.1 cm³/mol. The minimum absolute atomic E-state index is 0.00715. The molecule has 0 spiro atoms. The molecule has 1 aliphatic heterocycles. The van der Waals surface area contributed by atoms with Crippen molar-refractivity contribution in [1.82, 2.24) is 15.5 Å². The van der Waals surface area contributed by atoms with Crippen molar-refractivity contribution in [3.8, 4) is 6.07 Å². The quantitative estimate of drug-likeness (QED) is 0.881. The summed E-state index contributed by atoms with van der Waals surface area (Å²) in [5.41, 5.74) is 4.03. The molecule has 1 aromatic carbocycles. The van der Waals surface area contributed by atoms with E-state index in [-0.39, 0.29) is 17.2 Å². The van der Waals surface area contributed by atoms with Gasteiger partial charge in [0, 0.05) is 5.92 Å². The number of rotatable bonds is 2. The Morgan fingerprint density at radius 1 is 1.24 bits per heavy atom. The summed E-state index contributed by atoms with van der Waals surface area (Å²) in [5.74, 6) is -0.0772. The fourth-order valence-electron chi connectivity index (χ4n) is 2.68. The molecule has 0 saturated carbocycles. The Bertz CT molecular complexity index is 878. The lowest BCUT2D eigenvalue weighted by Gasteiger charge is -2.26. The number of nitrogens with zero attached hydrogens (tertiary/aromatic N) is 3. The van der Waals surface area contributed by atoms with Crippen LogP contribution in [0.15, 0.2) is 29.3 Å². The van der Waals surface area contributed by atoms with Crippen LogP contribution in [-0.4, -0.2) is 28.4 Å². The zero-order valence-corrected chi connectivity index (χ0v) is 14.8. The van der Waals surface area contributed by atoms with Crippen LogP contribution in [-0.2, 0) is 0 Å². The molecule has 0 saturated heterocycles. The number of fused-ring (bicyclic) bond motifs is 1. The first-order valence-electron chi connectivity index (χ1n) is 8.26. The Morgan fingerprint density at radius 2 is 1.92 bits per heavy atom. The summed E-state index contributed by atoms with van der Waals surface area (Å²) >= 11 is 0. The van der Waals surface area contributed by atoms with Gasteiger partial charge in [-0.05, 0) is 23.1 Å². The average Bonchev–Trinajstić information content (AvgIpc) is 2.92. The summed E-state index contributed by atoms with van der Waals surface area (Å²) in [4.78, 5) is 17.1. The van der Waals surface area contributed by atoms with Crippen molar-refractivity contribution in [3.05, 3.63) is 46.8 Å². The molecule has 1 aliphatic rings. The molecule has 1 unspecified atom stereocenters. The normalized spacial score (nSPS) is 15.5. The molecule has 25 heavy (non-hydrogen) atoms. The molecular formula is C19H21N5O. The number of benzene rings is 1. The van der Waals surface area contributed by atoms with Crippen LogP contribution in [0.25, 0.3) is 0 Å². The molecular weight excluding hydrogens is 314 g/mol. The Hall–Kier alpha value is -2.94. The minimum Gasteiger partial charge on any atom is -0.345 e. The first-order chi connectivity index (χ1) is 11.8. The molecule has 128 valence electrons. The first-order valence-corrected chi connectivity index (χ1v) is 8.26. The number of hydrogen-bond acceptors (Lipinski definition) is 4. The number of hydrogen-bond donors (Lipinski definition) is 2. The lowest BCUT2D eigenvalue weighted by molar-refractivity contribution is 0.0956. The summed E-state index contributed by atoms with van der Waals surface area (Å²) in [6.45, 7) is 8.87. The van der Waals surface area contributed by atoms with Gasteiger partial charge in [0.15, 0.2) is 5.69 Å². The third-order valence-electron chi connectivity index (χ3n) is 4.73. The summed E-state index contributed by atoms with van der Waals surface area (Å²) in [6, 6.07) is 9.30. The third kappa shape index (κ3) is 3.18. The van der Waals surface area contributed by atoms with Gasteiger partial charge in [0.1, 0.15) is 5.69 Å². The monoisotopic (exact) mass is 335 g/mol. The topological polar surface area (TPSA) is 93.9 Å². The molecule has 2 aromatic rings. The van der Waals surface area contributed by atoms with E-state index in [1.807, 2.05) is 12.1 Å². The van der Waals surface area contributed by atoms with E-state index in [4.69, 9.17) is 10.3 Å². The van der Waals surface area contributed by atoms with Gasteiger partial charge in [-0.25, -0.2) is 4.99 Å². The van der Waals surface area contributed by atoms with Crippen LogP contribution in [0.2, 0.25) is 0 Å². The van der Waals surface area contributed by atoms with Crippen molar-refractivity contribution < 1.29 is 4.79 Å². The number of carbonyl (C=O) groups excluding carboxylic acids is 1. The van der Waals surface area contributed by atoms with Gasteiger partial charge in [0.25, 0.3) is 5.91 Å². The van der Waals surface area contributed by atoms with Gasteiger partial charge in [-0.15, -0.1) is 0 Å². The summed E-state index contributed by atoms with van der Waals surface area (Å²) in [6.07, 6.45) is 0. The summed E-state index contributed by atoms with van der Waals surface area (Å²) in [7, 11) is 0. The molecule has 0 aliphatic carbocycles. The lowest BCUT2D eigenvalue weighted by Crippen LogP contribution is -2.28. The van der Waals surface area contributed by atoms with Crippen LogP contribution in [0.4, 0.5) is 5.69 Å². The van der Waals surface area contributed by atoms with E-state index in [1.54, 1.807) is 12.1 Å². The molecule has 0 fully saturated rings. The second-order valence-electron chi connectivity index (χ2n) is 7.35. The number of H-pyrrole nitrogens is 1. The molecule has 0 radical (unpaired) electrons. The zero-order valence-electron chi connectivity index (χ0n) is 14.8. The number of aromatic amines is 1. The molecule has 6 nitrogen and oxygen atoms in total. The predicted octanol–water partition coefficient (Wildman–Crippen LogP) is 3.30. The zero-order chi connectivity index (χ0) is 18.2. The van der Waals surface area contributed by atoms with Crippen LogP contribution in [0.1, 0.15) is 60.9 Å². The minimum atomic E-state index is -0.231. The maximum absolute atomic E-state index is 12.4. The highest BCUT2D eigenvalue weighted by Crippen LogP contribution is 2.39. The summed E-state index contributed by atoms with van der Waals surface area (Å²) < 4.78 is 0. The summed E-state index contributed by atoms with van der Waals surface area (Å²) in [5, 5.41) is 19.0. The highest BCUT2D eigenvalue weighted by atomic mass is 16.2. The number of nitriles is 1. The van der Waals surface area contributed by atoms with Crippen molar-refractivity contribution in [3.63, 3.8) is 0 Å². The van der Waals surface area contributed by atoms with Crippen molar-refractivity contribution in [2.24, 2.45) is 10.4 Å². The van der Waals surface area contributed by atoms with Crippen LogP contribution < -0.4 is 5.32 Å². The largest absolute Gasteiger partial charge is 0.345 e. The first kappa shape index (κ1) is 16.9. The standard InChI is InChI=1S/C19H21N5O/c1-11(19(2,3)4)15-16-17(24-23-15)18(25)21-10-14(22-16)13-7-5-12(9-20)6-8-13/h5-8,11H,10H2,1-4H3,(H,21,25)(H,23,24). The Kier molecular flexibility index (Phi) is 4.17.